The van der Waals surface area contributed by atoms with Crippen LogP contribution >= 0.6 is 12.2 Å². The molecule has 1 aliphatic heterocycles. The van der Waals surface area contributed by atoms with Crippen molar-refractivity contribution in [2.24, 2.45) is 0 Å². The van der Waals surface area contributed by atoms with E-state index in [4.69, 9.17) is 26.4 Å². The largest absolute Gasteiger partial charge is 0.497 e. The molecule has 7 heteroatoms. The number of benzene rings is 1. The molecule has 0 bridgehead atoms. The van der Waals surface area contributed by atoms with E-state index in [-0.39, 0.29) is 0 Å². The summed E-state index contributed by atoms with van der Waals surface area (Å²) < 4.78 is 15.8. The van der Waals surface area contributed by atoms with Gasteiger partial charge in [-0.1, -0.05) is 0 Å². The molecule has 0 radical (unpaired) electrons. The van der Waals surface area contributed by atoms with Crippen molar-refractivity contribution in [2.45, 2.75) is 6.42 Å². The van der Waals surface area contributed by atoms with Gasteiger partial charge in [-0.25, -0.2) is 0 Å². The molecule has 0 saturated carbocycles. The van der Waals surface area contributed by atoms with E-state index in [9.17, 15) is 0 Å². The van der Waals surface area contributed by atoms with Crippen LogP contribution in [0.2, 0.25) is 0 Å². The highest BCUT2D eigenvalue weighted by molar-refractivity contribution is 7.80. The van der Waals surface area contributed by atoms with Crippen LogP contribution in [0.3, 0.4) is 0 Å². The summed E-state index contributed by atoms with van der Waals surface area (Å²) in [6.07, 6.45) is 1.04. The first-order chi connectivity index (χ1) is 11.2. The predicted molar refractivity (Wildman–Crippen MR) is 95.6 cm³/mol. The maximum Gasteiger partial charge on any atom is 0.170 e. The summed E-state index contributed by atoms with van der Waals surface area (Å²) in [6, 6.07) is 5.58. The molecule has 1 aromatic rings. The minimum Gasteiger partial charge on any atom is -0.497 e. The lowest BCUT2D eigenvalue weighted by Crippen LogP contribution is -2.38. The Kier molecular flexibility index (Phi) is 7.38. The van der Waals surface area contributed by atoms with E-state index in [0.717, 1.165) is 63.0 Å². The van der Waals surface area contributed by atoms with E-state index in [1.165, 1.54) is 0 Å². The lowest BCUT2D eigenvalue weighted by atomic mass is 10.3. The highest BCUT2D eigenvalue weighted by Gasteiger charge is 2.09. The number of hydrogen-bond donors (Lipinski definition) is 2. The lowest BCUT2D eigenvalue weighted by Gasteiger charge is -2.26. The summed E-state index contributed by atoms with van der Waals surface area (Å²) >= 11 is 5.33. The van der Waals surface area contributed by atoms with Crippen molar-refractivity contribution in [1.82, 2.24) is 10.2 Å². The zero-order valence-corrected chi connectivity index (χ0v) is 14.6. The Hall–Kier alpha value is -1.57. The van der Waals surface area contributed by atoms with Gasteiger partial charge in [-0.3, -0.25) is 4.90 Å². The molecular formula is C16H25N3O3S. The molecule has 23 heavy (non-hydrogen) atoms. The van der Waals surface area contributed by atoms with Crippen LogP contribution in [0.1, 0.15) is 6.42 Å². The maximum atomic E-state index is 5.34. The molecule has 2 rings (SSSR count). The van der Waals surface area contributed by atoms with Crippen LogP contribution in [0.4, 0.5) is 5.69 Å². The molecule has 6 nitrogen and oxygen atoms in total. The second kappa shape index (κ2) is 9.54. The van der Waals surface area contributed by atoms with Crippen LogP contribution < -0.4 is 20.1 Å². The molecule has 1 fully saturated rings. The molecule has 0 aromatic heterocycles. The fourth-order valence-electron chi connectivity index (χ4n) is 2.38. The summed E-state index contributed by atoms with van der Waals surface area (Å²) in [4.78, 5) is 2.41. The topological polar surface area (TPSA) is 55.0 Å². The predicted octanol–water partition coefficient (Wildman–Crippen LogP) is 1.71. The van der Waals surface area contributed by atoms with Gasteiger partial charge in [0.25, 0.3) is 0 Å². The van der Waals surface area contributed by atoms with Gasteiger partial charge in [0.05, 0.1) is 27.4 Å². The molecule has 1 saturated heterocycles. The Bertz CT molecular complexity index is 485. The average Bonchev–Trinajstić information content (AvgIpc) is 2.59. The van der Waals surface area contributed by atoms with Crippen molar-refractivity contribution in [2.75, 3.05) is 58.9 Å². The molecule has 128 valence electrons. The van der Waals surface area contributed by atoms with Crippen LogP contribution in [-0.4, -0.2) is 63.6 Å². The van der Waals surface area contributed by atoms with Crippen molar-refractivity contribution < 1.29 is 14.2 Å². The number of morpholine rings is 1. The first-order valence-electron chi connectivity index (χ1n) is 7.79. The summed E-state index contributed by atoms with van der Waals surface area (Å²) in [5, 5.41) is 6.98. The Morgan fingerprint density at radius 1 is 1.17 bits per heavy atom. The molecule has 0 unspecified atom stereocenters. The van der Waals surface area contributed by atoms with Crippen molar-refractivity contribution >= 4 is 23.0 Å². The van der Waals surface area contributed by atoms with E-state index < -0.39 is 0 Å². The van der Waals surface area contributed by atoms with Crippen molar-refractivity contribution in [3.05, 3.63) is 18.2 Å². The molecule has 1 heterocycles. The van der Waals surface area contributed by atoms with Gasteiger partial charge in [-0.05, 0) is 25.2 Å². The molecular weight excluding hydrogens is 314 g/mol. The number of ether oxygens (including phenoxy) is 3. The van der Waals surface area contributed by atoms with Gasteiger partial charge in [-0.2, -0.15) is 0 Å². The highest BCUT2D eigenvalue weighted by Crippen LogP contribution is 2.25. The molecule has 0 spiro atoms. The quantitative estimate of drug-likeness (QED) is 0.579. The van der Waals surface area contributed by atoms with E-state index in [2.05, 4.69) is 15.5 Å². The van der Waals surface area contributed by atoms with E-state index >= 15 is 0 Å². The summed E-state index contributed by atoms with van der Waals surface area (Å²) in [5.41, 5.74) is 0.840. The smallest absolute Gasteiger partial charge is 0.170 e. The number of nitrogens with zero attached hydrogens (tertiary/aromatic N) is 1. The van der Waals surface area contributed by atoms with E-state index in [0.29, 0.717) is 5.11 Å². The third-order valence-electron chi connectivity index (χ3n) is 3.65. The van der Waals surface area contributed by atoms with Gasteiger partial charge in [0.2, 0.25) is 0 Å². The number of methoxy groups -OCH3 is 2. The normalized spacial score (nSPS) is 15.0. The Morgan fingerprint density at radius 2 is 1.83 bits per heavy atom. The Balaban J connectivity index is 1.71. The Morgan fingerprint density at radius 3 is 2.43 bits per heavy atom. The molecule has 0 atom stereocenters. The first-order valence-corrected chi connectivity index (χ1v) is 8.20. The van der Waals surface area contributed by atoms with Gasteiger partial charge in [0.1, 0.15) is 11.5 Å². The SMILES string of the molecule is COc1cc(NC(=S)NCCCN2CCOCC2)cc(OC)c1. The zero-order valence-electron chi connectivity index (χ0n) is 13.8. The van der Waals surface area contributed by atoms with Gasteiger partial charge in [-0.15, -0.1) is 0 Å². The van der Waals surface area contributed by atoms with Gasteiger partial charge >= 0.3 is 0 Å². The van der Waals surface area contributed by atoms with Crippen molar-refractivity contribution in [3.63, 3.8) is 0 Å². The summed E-state index contributed by atoms with van der Waals surface area (Å²) in [6.45, 7) is 5.62. The number of anilines is 1. The van der Waals surface area contributed by atoms with Crippen LogP contribution in [-0.2, 0) is 4.74 Å². The fraction of sp³-hybridized carbons (Fsp3) is 0.562. The highest BCUT2D eigenvalue weighted by atomic mass is 32.1. The minimum absolute atomic E-state index is 0.599. The molecule has 0 amide bonds. The molecule has 1 aliphatic rings. The van der Waals surface area contributed by atoms with Crippen molar-refractivity contribution in [1.29, 1.82) is 0 Å². The van der Waals surface area contributed by atoms with E-state index in [1.807, 2.05) is 18.2 Å². The lowest BCUT2D eigenvalue weighted by molar-refractivity contribution is 0.0376. The van der Waals surface area contributed by atoms with E-state index in [1.54, 1.807) is 14.2 Å². The average molecular weight is 339 g/mol. The van der Waals surface area contributed by atoms with Gasteiger partial charge < -0.3 is 24.8 Å². The summed E-state index contributed by atoms with van der Waals surface area (Å²) in [7, 11) is 3.25. The zero-order chi connectivity index (χ0) is 16.5. The standard InChI is InChI=1S/C16H25N3O3S/c1-20-14-10-13(11-15(12-14)21-2)18-16(23)17-4-3-5-19-6-8-22-9-7-19/h10-12H,3-9H2,1-2H3,(H2,17,18,23). The number of hydrogen-bond acceptors (Lipinski definition) is 5. The number of thiocarbonyl (C=S) groups is 1. The fourth-order valence-corrected chi connectivity index (χ4v) is 2.60. The third-order valence-corrected chi connectivity index (χ3v) is 3.90. The molecule has 0 aliphatic carbocycles. The second-order valence-electron chi connectivity index (χ2n) is 5.29. The van der Waals surface area contributed by atoms with Crippen LogP contribution in [0.5, 0.6) is 11.5 Å². The first kappa shape index (κ1) is 17.8. The third kappa shape index (κ3) is 6.21. The second-order valence-corrected chi connectivity index (χ2v) is 5.70. The van der Waals surface area contributed by atoms with Gasteiger partial charge in [0, 0.05) is 43.5 Å². The maximum absolute atomic E-state index is 5.34. The molecule has 1 aromatic carbocycles. The van der Waals surface area contributed by atoms with Crippen LogP contribution in [0.25, 0.3) is 0 Å². The van der Waals surface area contributed by atoms with Crippen molar-refractivity contribution in [3.8, 4) is 11.5 Å². The van der Waals surface area contributed by atoms with Crippen LogP contribution in [0, 0.1) is 0 Å². The monoisotopic (exact) mass is 339 g/mol. The minimum atomic E-state index is 0.599. The molecule has 2 N–H and O–H groups in total. The number of nitrogens with one attached hydrogen (secondary N) is 2. The Labute approximate surface area is 143 Å². The number of rotatable bonds is 7. The summed E-state index contributed by atoms with van der Waals surface area (Å²) in [5.74, 6) is 1.45. The van der Waals surface area contributed by atoms with Gasteiger partial charge in [0.15, 0.2) is 5.11 Å². The van der Waals surface area contributed by atoms with Crippen LogP contribution in [0.15, 0.2) is 18.2 Å².